The Bertz CT molecular complexity index is 1230. The zero-order chi connectivity index (χ0) is 28.5. The van der Waals surface area contributed by atoms with Gasteiger partial charge >= 0.3 is 0 Å². The summed E-state index contributed by atoms with van der Waals surface area (Å²) in [5.74, 6) is 13.6. The van der Waals surface area contributed by atoms with Crippen LogP contribution in [0.1, 0.15) is 128 Å². The summed E-state index contributed by atoms with van der Waals surface area (Å²) >= 11 is 0. The van der Waals surface area contributed by atoms with E-state index in [1.807, 2.05) is 0 Å². The molecular weight excluding hydrogens is 456 g/mol. The topological polar surface area (TPSA) is 0 Å². The van der Waals surface area contributed by atoms with Gasteiger partial charge in [0.2, 0.25) is 0 Å². The van der Waals surface area contributed by atoms with Crippen LogP contribution in [-0.4, -0.2) is 0 Å². The van der Waals surface area contributed by atoms with Gasteiger partial charge in [0, 0.05) is 22.3 Å². The monoisotopic (exact) mass is 502 g/mol. The number of hydrogen-bond acceptors (Lipinski definition) is 0. The summed E-state index contributed by atoms with van der Waals surface area (Å²) in [6.45, 7) is 27.1. The summed E-state index contributed by atoms with van der Waals surface area (Å²) in [6.07, 6.45) is 0. The van der Waals surface area contributed by atoms with Crippen molar-refractivity contribution in [2.45, 2.75) is 105 Å². The van der Waals surface area contributed by atoms with Crippen molar-refractivity contribution in [1.29, 1.82) is 0 Å². The van der Waals surface area contributed by atoms with E-state index in [9.17, 15) is 0 Å². The maximum Gasteiger partial charge on any atom is 0.0254 e. The average Bonchev–Trinajstić information content (AvgIpc) is 2.79. The van der Waals surface area contributed by atoms with E-state index in [-0.39, 0.29) is 21.7 Å². The van der Waals surface area contributed by atoms with Crippen LogP contribution in [0.4, 0.5) is 0 Å². The van der Waals surface area contributed by atoms with Gasteiger partial charge in [-0.25, -0.2) is 0 Å². The van der Waals surface area contributed by atoms with Crippen LogP contribution in [0.3, 0.4) is 0 Å². The van der Waals surface area contributed by atoms with Crippen LogP contribution >= 0.6 is 0 Å². The van der Waals surface area contributed by atoms with Crippen LogP contribution < -0.4 is 0 Å². The minimum Gasteiger partial charge on any atom is -0.0617 e. The normalized spacial score (nSPS) is 12.3. The van der Waals surface area contributed by atoms with E-state index in [1.54, 1.807) is 0 Å². The van der Waals surface area contributed by atoms with Crippen molar-refractivity contribution in [2.24, 2.45) is 0 Å². The van der Waals surface area contributed by atoms with Crippen LogP contribution in [-0.2, 0) is 21.7 Å². The average molecular weight is 503 g/mol. The third-order valence-electron chi connectivity index (χ3n) is 6.92. The summed E-state index contributed by atoms with van der Waals surface area (Å²) in [5.41, 5.74) is 9.76. The fraction of sp³-hybridized carbons (Fsp3) is 0.421. The first-order chi connectivity index (χ1) is 17.3. The van der Waals surface area contributed by atoms with Crippen molar-refractivity contribution in [2.75, 3.05) is 0 Å². The van der Waals surface area contributed by atoms with Crippen molar-refractivity contribution < 1.29 is 0 Å². The molecule has 0 nitrogen and oxygen atoms in total. The van der Waals surface area contributed by atoms with Gasteiger partial charge in [-0.3, -0.25) is 0 Å². The molecule has 0 heteroatoms. The molecule has 0 bridgehead atoms. The van der Waals surface area contributed by atoms with Crippen molar-refractivity contribution >= 4 is 0 Å². The first kappa shape index (κ1) is 29.3. The quantitative estimate of drug-likeness (QED) is 0.268. The van der Waals surface area contributed by atoms with Crippen LogP contribution in [0.25, 0.3) is 0 Å². The molecule has 0 heterocycles. The Balaban J connectivity index is 1.90. The highest BCUT2D eigenvalue weighted by molar-refractivity contribution is 5.51. The Morgan fingerprint density at radius 3 is 0.737 bits per heavy atom. The number of benzene rings is 3. The molecule has 0 aromatic heterocycles. The maximum atomic E-state index is 3.42. The molecule has 0 aliphatic heterocycles. The van der Waals surface area contributed by atoms with Crippen LogP contribution in [0, 0.1) is 23.7 Å². The summed E-state index contributed by atoms with van der Waals surface area (Å²) in [6, 6.07) is 21.9. The first-order valence-electron chi connectivity index (χ1n) is 13.8. The Labute approximate surface area is 233 Å². The summed E-state index contributed by atoms with van der Waals surface area (Å²) in [5, 5.41) is 0. The van der Waals surface area contributed by atoms with Gasteiger partial charge in [0.05, 0.1) is 0 Å². The lowest BCUT2D eigenvalue weighted by Gasteiger charge is -2.25. The van der Waals surface area contributed by atoms with E-state index < -0.39 is 0 Å². The van der Waals surface area contributed by atoms with Crippen molar-refractivity contribution in [3.05, 3.63) is 105 Å². The van der Waals surface area contributed by atoms with E-state index in [1.165, 1.54) is 22.3 Å². The van der Waals surface area contributed by atoms with E-state index in [4.69, 9.17) is 0 Å². The lowest BCUT2D eigenvalue weighted by atomic mass is 9.79. The Kier molecular flexibility index (Phi) is 8.11. The predicted octanol–water partition coefficient (Wildman–Crippen LogP) is 9.68. The molecule has 0 N–H and O–H groups in total. The molecule has 0 saturated heterocycles. The number of rotatable bonds is 0. The second-order valence-electron chi connectivity index (χ2n) is 14.7. The predicted molar refractivity (Wildman–Crippen MR) is 166 cm³/mol. The van der Waals surface area contributed by atoms with E-state index in [0.717, 1.165) is 22.3 Å². The van der Waals surface area contributed by atoms with Crippen LogP contribution in [0.15, 0.2) is 60.7 Å². The lowest BCUT2D eigenvalue weighted by Crippen LogP contribution is -2.16. The lowest BCUT2D eigenvalue weighted by molar-refractivity contribution is 0.567. The standard InChI is InChI=1S/C38H46/c1-35(2,3)31-21-29(22-32(25-31)36(4,5)6)19-17-27-13-15-28(16-14-27)18-20-30-23-33(37(7,8)9)26-34(24-30)38(10,11)12/h13-16,21-26H,1-12H3. The molecule has 0 atom stereocenters. The minimum absolute atomic E-state index is 0.0814. The highest BCUT2D eigenvalue weighted by Gasteiger charge is 2.21. The third kappa shape index (κ3) is 7.89. The molecule has 3 aromatic carbocycles. The summed E-state index contributed by atoms with van der Waals surface area (Å²) in [7, 11) is 0. The smallest absolute Gasteiger partial charge is 0.0254 e. The van der Waals surface area contributed by atoms with Gasteiger partial charge in [0.25, 0.3) is 0 Å². The third-order valence-corrected chi connectivity index (χ3v) is 6.92. The fourth-order valence-corrected chi connectivity index (χ4v) is 4.06. The second-order valence-corrected chi connectivity index (χ2v) is 14.7. The van der Waals surface area contributed by atoms with Gasteiger partial charge in [-0.05, 0) is 92.4 Å². The van der Waals surface area contributed by atoms with Crippen molar-refractivity contribution in [1.82, 2.24) is 0 Å². The highest BCUT2D eigenvalue weighted by atomic mass is 14.3. The van der Waals surface area contributed by atoms with Crippen molar-refractivity contribution in [3.8, 4) is 23.7 Å². The van der Waals surface area contributed by atoms with Gasteiger partial charge in [-0.1, -0.05) is 119 Å². The molecule has 0 aliphatic carbocycles. The molecule has 38 heavy (non-hydrogen) atoms. The van der Waals surface area contributed by atoms with Crippen molar-refractivity contribution in [3.63, 3.8) is 0 Å². The molecule has 0 saturated carbocycles. The highest BCUT2D eigenvalue weighted by Crippen LogP contribution is 2.31. The molecule has 3 rings (SSSR count). The zero-order valence-electron chi connectivity index (χ0n) is 25.8. The number of hydrogen-bond donors (Lipinski definition) is 0. The van der Waals surface area contributed by atoms with Gasteiger partial charge < -0.3 is 0 Å². The Hall–Kier alpha value is -3.22. The summed E-state index contributed by atoms with van der Waals surface area (Å²) < 4.78 is 0. The van der Waals surface area contributed by atoms with Gasteiger partial charge in [-0.2, -0.15) is 0 Å². The molecule has 0 fully saturated rings. The molecule has 0 aliphatic rings. The van der Waals surface area contributed by atoms with Gasteiger partial charge in [-0.15, -0.1) is 0 Å². The van der Waals surface area contributed by atoms with Crippen LogP contribution in [0.2, 0.25) is 0 Å². The largest absolute Gasteiger partial charge is 0.0617 e. The minimum atomic E-state index is 0.0814. The molecule has 0 spiro atoms. The second kappa shape index (κ2) is 10.5. The molecular formula is C38H46. The van der Waals surface area contributed by atoms with E-state index in [0.29, 0.717) is 0 Å². The molecule has 0 unspecified atom stereocenters. The molecule has 3 aromatic rings. The zero-order valence-corrected chi connectivity index (χ0v) is 25.8. The Morgan fingerprint density at radius 1 is 0.316 bits per heavy atom. The van der Waals surface area contributed by atoms with E-state index >= 15 is 0 Å². The molecule has 0 amide bonds. The summed E-state index contributed by atoms with van der Waals surface area (Å²) in [4.78, 5) is 0. The van der Waals surface area contributed by atoms with Gasteiger partial charge in [0.1, 0.15) is 0 Å². The maximum absolute atomic E-state index is 3.42. The SMILES string of the molecule is CC(C)(C)c1cc(C#Cc2ccc(C#Cc3cc(C(C)(C)C)cc(C(C)(C)C)c3)cc2)cc(C(C)(C)C)c1. The Morgan fingerprint density at radius 2 is 0.526 bits per heavy atom. The first-order valence-corrected chi connectivity index (χ1v) is 13.8. The van der Waals surface area contributed by atoms with E-state index in [2.05, 4.69) is 167 Å². The van der Waals surface area contributed by atoms with Crippen LogP contribution in [0.5, 0.6) is 0 Å². The molecule has 198 valence electrons. The molecule has 0 radical (unpaired) electrons. The van der Waals surface area contributed by atoms with Gasteiger partial charge in [0.15, 0.2) is 0 Å². The fourth-order valence-electron chi connectivity index (χ4n) is 4.06.